The molecule has 1 unspecified atom stereocenters. The fourth-order valence-corrected chi connectivity index (χ4v) is 1.02. The van der Waals surface area contributed by atoms with Crippen LogP contribution in [0.25, 0.3) is 0 Å². The first kappa shape index (κ1) is 12.4. The highest BCUT2D eigenvalue weighted by atomic mass is 16.6. The van der Waals surface area contributed by atoms with Crippen LogP contribution in [0.4, 0.5) is 5.69 Å². The van der Waals surface area contributed by atoms with Crippen molar-refractivity contribution in [2.45, 2.75) is 6.10 Å². The number of nitrogens with zero attached hydrogens (tertiary/aromatic N) is 1. The van der Waals surface area contributed by atoms with Gasteiger partial charge in [-0.15, -0.1) is 0 Å². The average molecular weight is 228 g/mol. The van der Waals surface area contributed by atoms with E-state index in [0.29, 0.717) is 5.75 Å². The molecule has 0 aliphatic carbocycles. The summed E-state index contributed by atoms with van der Waals surface area (Å²) in [6.07, 6.45) is -0.833. The van der Waals surface area contributed by atoms with Crippen LogP contribution in [0.5, 0.6) is 5.75 Å². The summed E-state index contributed by atoms with van der Waals surface area (Å²) in [5, 5.41) is 19.6. The van der Waals surface area contributed by atoms with E-state index in [1.165, 1.54) is 24.3 Å². The van der Waals surface area contributed by atoms with Gasteiger partial charge in [0.05, 0.1) is 11.5 Å². The van der Waals surface area contributed by atoms with Crippen molar-refractivity contribution < 1.29 is 19.6 Å². The number of rotatable bonds is 6. The Bertz CT molecular complexity index is 340. The van der Waals surface area contributed by atoms with Crippen LogP contribution in [0.3, 0.4) is 0 Å². The van der Waals surface area contributed by atoms with Gasteiger partial charge in [0.2, 0.25) is 0 Å². The molecular formula is C9H12N2O5. The van der Waals surface area contributed by atoms with E-state index in [2.05, 4.69) is 4.84 Å². The minimum Gasteiger partial charge on any atom is -0.491 e. The quantitative estimate of drug-likeness (QED) is 0.532. The molecular weight excluding hydrogens is 216 g/mol. The van der Waals surface area contributed by atoms with Crippen LogP contribution in [0, 0.1) is 10.1 Å². The summed E-state index contributed by atoms with van der Waals surface area (Å²) in [5.74, 6) is 5.19. The summed E-state index contributed by atoms with van der Waals surface area (Å²) >= 11 is 0. The van der Waals surface area contributed by atoms with Crippen LogP contribution < -0.4 is 10.6 Å². The molecule has 7 nitrogen and oxygen atoms in total. The molecule has 0 fully saturated rings. The lowest BCUT2D eigenvalue weighted by Crippen LogP contribution is -2.25. The molecule has 0 bridgehead atoms. The Labute approximate surface area is 91.5 Å². The van der Waals surface area contributed by atoms with Crippen molar-refractivity contribution in [3.05, 3.63) is 34.4 Å². The number of nitro benzene ring substituents is 1. The van der Waals surface area contributed by atoms with Crippen molar-refractivity contribution in [2.24, 2.45) is 5.90 Å². The molecule has 0 amide bonds. The van der Waals surface area contributed by atoms with Crippen LogP contribution in [0.1, 0.15) is 0 Å². The Morgan fingerprint density at radius 3 is 2.50 bits per heavy atom. The van der Waals surface area contributed by atoms with Crippen molar-refractivity contribution in [1.29, 1.82) is 0 Å². The van der Waals surface area contributed by atoms with Gasteiger partial charge in [0.15, 0.2) is 0 Å². The van der Waals surface area contributed by atoms with E-state index in [1.54, 1.807) is 0 Å². The van der Waals surface area contributed by atoms with Gasteiger partial charge >= 0.3 is 0 Å². The predicted molar refractivity (Wildman–Crippen MR) is 54.7 cm³/mol. The zero-order valence-corrected chi connectivity index (χ0v) is 8.41. The van der Waals surface area contributed by atoms with Crippen molar-refractivity contribution in [3.63, 3.8) is 0 Å². The van der Waals surface area contributed by atoms with Crippen LogP contribution in [-0.4, -0.2) is 29.3 Å². The van der Waals surface area contributed by atoms with Gasteiger partial charge in [0.1, 0.15) is 18.5 Å². The minimum absolute atomic E-state index is 0.00894. The third kappa shape index (κ3) is 3.81. The highest BCUT2D eigenvalue weighted by molar-refractivity contribution is 5.35. The maximum atomic E-state index is 10.4. The van der Waals surface area contributed by atoms with E-state index in [0.717, 1.165) is 0 Å². The van der Waals surface area contributed by atoms with Crippen molar-refractivity contribution in [3.8, 4) is 5.75 Å². The standard InChI is InChI=1S/C9H12N2O5/c10-16-6-8(12)5-15-9-3-1-7(2-4-9)11(13)14/h1-4,8,12H,5-6,10H2. The second-order valence-electron chi connectivity index (χ2n) is 3.05. The van der Waals surface area contributed by atoms with Crippen molar-refractivity contribution in [2.75, 3.05) is 13.2 Å². The second kappa shape index (κ2) is 6.01. The number of aliphatic hydroxyl groups is 1. The molecule has 0 aromatic heterocycles. The lowest BCUT2D eigenvalue weighted by atomic mass is 10.3. The fraction of sp³-hybridized carbons (Fsp3) is 0.333. The molecule has 1 aromatic rings. The molecule has 0 saturated carbocycles. The smallest absolute Gasteiger partial charge is 0.269 e. The Kier molecular flexibility index (Phi) is 4.65. The Morgan fingerprint density at radius 2 is 2.00 bits per heavy atom. The van der Waals surface area contributed by atoms with Crippen molar-refractivity contribution >= 4 is 5.69 Å². The number of ether oxygens (including phenoxy) is 1. The summed E-state index contributed by atoms with van der Waals surface area (Å²) in [5.41, 5.74) is -0.0156. The van der Waals surface area contributed by atoms with Gasteiger partial charge in [-0.3, -0.25) is 10.1 Å². The summed E-state index contributed by atoms with van der Waals surface area (Å²) < 4.78 is 5.15. The summed E-state index contributed by atoms with van der Waals surface area (Å²) in [6, 6.07) is 5.55. The highest BCUT2D eigenvalue weighted by Gasteiger charge is 2.07. The van der Waals surface area contributed by atoms with Gasteiger partial charge < -0.3 is 14.7 Å². The molecule has 0 spiro atoms. The number of hydrogen-bond acceptors (Lipinski definition) is 6. The number of hydrogen-bond donors (Lipinski definition) is 2. The third-order valence-electron chi connectivity index (χ3n) is 1.78. The maximum Gasteiger partial charge on any atom is 0.269 e. The van der Waals surface area contributed by atoms with Gasteiger partial charge in [-0.25, -0.2) is 5.90 Å². The first-order valence-electron chi connectivity index (χ1n) is 4.50. The monoisotopic (exact) mass is 228 g/mol. The molecule has 3 N–H and O–H groups in total. The highest BCUT2D eigenvalue weighted by Crippen LogP contribution is 2.17. The first-order valence-corrected chi connectivity index (χ1v) is 4.50. The molecule has 1 rings (SSSR count). The van der Waals surface area contributed by atoms with Gasteiger partial charge in [-0.2, -0.15) is 0 Å². The first-order chi connectivity index (χ1) is 7.63. The van der Waals surface area contributed by atoms with Crippen LogP contribution >= 0.6 is 0 Å². The number of non-ortho nitro benzene ring substituents is 1. The van der Waals surface area contributed by atoms with E-state index in [-0.39, 0.29) is 18.9 Å². The number of aliphatic hydroxyl groups excluding tert-OH is 1. The molecule has 88 valence electrons. The lowest BCUT2D eigenvalue weighted by molar-refractivity contribution is -0.384. The number of nitrogens with two attached hydrogens (primary N) is 1. The van der Waals surface area contributed by atoms with Crippen LogP contribution in [0.2, 0.25) is 0 Å². The van der Waals surface area contributed by atoms with Gasteiger partial charge in [-0.1, -0.05) is 0 Å². The third-order valence-corrected chi connectivity index (χ3v) is 1.78. The van der Waals surface area contributed by atoms with Gasteiger partial charge in [0.25, 0.3) is 5.69 Å². The topological polar surface area (TPSA) is 108 Å². The molecule has 0 aliphatic heterocycles. The molecule has 0 saturated heterocycles. The summed E-state index contributed by atoms with van der Waals surface area (Å²) in [7, 11) is 0. The Balaban J connectivity index is 2.46. The SMILES string of the molecule is NOCC(O)COc1ccc([N+](=O)[O-])cc1. The van der Waals surface area contributed by atoms with E-state index in [9.17, 15) is 15.2 Å². The molecule has 16 heavy (non-hydrogen) atoms. The van der Waals surface area contributed by atoms with E-state index < -0.39 is 11.0 Å². The van der Waals surface area contributed by atoms with Crippen molar-refractivity contribution in [1.82, 2.24) is 0 Å². The Morgan fingerprint density at radius 1 is 1.38 bits per heavy atom. The minimum atomic E-state index is -0.833. The van der Waals surface area contributed by atoms with E-state index in [4.69, 9.17) is 10.6 Å². The number of nitro groups is 1. The summed E-state index contributed by atoms with van der Waals surface area (Å²) in [6.45, 7) is -0.0258. The normalized spacial score (nSPS) is 12.1. The van der Waals surface area contributed by atoms with Crippen LogP contribution in [-0.2, 0) is 4.84 Å². The van der Waals surface area contributed by atoms with Gasteiger partial charge in [0, 0.05) is 12.1 Å². The van der Waals surface area contributed by atoms with Gasteiger partial charge in [-0.05, 0) is 12.1 Å². The molecule has 0 aliphatic rings. The lowest BCUT2D eigenvalue weighted by Gasteiger charge is -2.10. The predicted octanol–water partition coefficient (Wildman–Crippen LogP) is 0.225. The number of benzene rings is 1. The zero-order valence-electron chi connectivity index (χ0n) is 8.41. The average Bonchev–Trinajstić information content (AvgIpc) is 2.27. The maximum absolute atomic E-state index is 10.4. The summed E-state index contributed by atoms with van der Waals surface area (Å²) in [4.78, 5) is 14.1. The largest absolute Gasteiger partial charge is 0.491 e. The molecule has 0 radical (unpaired) electrons. The fourth-order valence-electron chi connectivity index (χ4n) is 1.02. The zero-order chi connectivity index (χ0) is 12.0. The van der Waals surface area contributed by atoms with E-state index >= 15 is 0 Å². The molecule has 1 aromatic carbocycles. The van der Waals surface area contributed by atoms with E-state index in [1.807, 2.05) is 0 Å². The molecule has 1 atom stereocenters. The van der Waals surface area contributed by atoms with Crippen LogP contribution in [0.15, 0.2) is 24.3 Å². The molecule has 7 heteroatoms. The molecule has 0 heterocycles. The Hall–Kier alpha value is -1.70. The second-order valence-corrected chi connectivity index (χ2v) is 3.05.